The summed E-state index contributed by atoms with van der Waals surface area (Å²) in [5, 5.41) is 24.0. The number of carbonyl (C=O) groups excluding carboxylic acids is 2. The fraction of sp³-hybridized carbons (Fsp3) is 0.867. The SMILES string of the molecule is CCCCNC(=O)OCC(CO)(CO)COC(=O)NCCCC. The third kappa shape index (κ3) is 9.96. The van der Waals surface area contributed by atoms with Crippen molar-refractivity contribution in [3.8, 4) is 0 Å². The van der Waals surface area contributed by atoms with E-state index in [0.29, 0.717) is 13.1 Å². The first-order valence-corrected chi connectivity index (χ1v) is 8.06. The average Bonchev–Trinajstić information content (AvgIpc) is 2.56. The molecular weight excluding hydrogens is 304 g/mol. The molecule has 0 aromatic rings. The molecule has 8 nitrogen and oxygen atoms in total. The molecule has 0 aliphatic rings. The highest BCUT2D eigenvalue weighted by atomic mass is 16.6. The number of amides is 2. The Morgan fingerprint density at radius 2 is 1.26 bits per heavy atom. The van der Waals surface area contributed by atoms with Crippen LogP contribution in [0, 0.1) is 5.41 Å². The van der Waals surface area contributed by atoms with Crippen LogP contribution in [0.5, 0.6) is 0 Å². The van der Waals surface area contributed by atoms with Crippen molar-refractivity contribution in [2.45, 2.75) is 39.5 Å². The van der Waals surface area contributed by atoms with Gasteiger partial charge in [-0.1, -0.05) is 26.7 Å². The predicted molar refractivity (Wildman–Crippen MR) is 85.1 cm³/mol. The summed E-state index contributed by atoms with van der Waals surface area (Å²) in [6.45, 7) is 3.53. The lowest BCUT2D eigenvalue weighted by Gasteiger charge is -2.28. The van der Waals surface area contributed by atoms with Crippen molar-refractivity contribution in [3.63, 3.8) is 0 Å². The number of unbranched alkanes of at least 4 members (excludes halogenated alkanes) is 2. The van der Waals surface area contributed by atoms with Crippen LogP contribution < -0.4 is 10.6 Å². The molecule has 0 saturated carbocycles. The van der Waals surface area contributed by atoms with Crippen molar-refractivity contribution in [2.75, 3.05) is 39.5 Å². The van der Waals surface area contributed by atoms with Gasteiger partial charge in [0.15, 0.2) is 0 Å². The summed E-state index contributed by atoms with van der Waals surface area (Å²) in [7, 11) is 0. The molecule has 4 N–H and O–H groups in total. The molecule has 0 unspecified atom stereocenters. The summed E-state index contributed by atoms with van der Waals surface area (Å²) < 4.78 is 9.97. The number of hydrogen-bond acceptors (Lipinski definition) is 6. The summed E-state index contributed by atoms with van der Waals surface area (Å²) in [5.74, 6) is 0. The van der Waals surface area contributed by atoms with Gasteiger partial charge in [-0.15, -0.1) is 0 Å². The highest BCUT2D eigenvalue weighted by Gasteiger charge is 2.33. The quantitative estimate of drug-likeness (QED) is 0.396. The van der Waals surface area contributed by atoms with Crippen molar-refractivity contribution in [3.05, 3.63) is 0 Å². The first-order chi connectivity index (χ1) is 11.0. The molecule has 0 aliphatic carbocycles. The Kier molecular flexibility index (Phi) is 12.1. The molecular formula is C15H30N2O6. The van der Waals surface area contributed by atoms with Crippen LogP contribution in [0.25, 0.3) is 0 Å². The number of carbonyl (C=O) groups is 2. The van der Waals surface area contributed by atoms with Crippen LogP contribution in [0.15, 0.2) is 0 Å². The van der Waals surface area contributed by atoms with E-state index in [4.69, 9.17) is 9.47 Å². The molecule has 0 bridgehead atoms. The molecule has 0 fully saturated rings. The van der Waals surface area contributed by atoms with Crippen LogP contribution >= 0.6 is 0 Å². The predicted octanol–water partition coefficient (Wildman–Crippen LogP) is 1.01. The molecule has 0 saturated heterocycles. The summed E-state index contributed by atoms with van der Waals surface area (Å²) in [6, 6.07) is 0. The average molecular weight is 334 g/mol. The minimum absolute atomic E-state index is 0.250. The van der Waals surface area contributed by atoms with E-state index in [9.17, 15) is 19.8 Å². The van der Waals surface area contributed by atoms with Crippen LogP contribution in [-0.2, 0) is 9.47 Å². The standard InChI is InChI=1S/C15H30N2O6/c1-3-5-7-16-13(20)22-11-15(9-18,10-19)12-23-14(21)17-8-6-4-2/h18-19H,3-12H2,1-2H3,(H,16,20)(H,17,21). The second-order valence-electron chi connectivity index (χ2n) is 5.53. The van der Waals surface area contributed by atoms with Crippen molar-refractivity contribution in [2.24, 2.45) is 5.41 Å². The maximum Gasteiger partial charge on any atom is 0.407 e. The van der Waals surface area contributed by atoms with E-state index < -0.39 is 30.8 Å². The van der Waals surface area contributed by atoms with Crippen LogP contribution in [0.3, 0.4) is 0 Å². The summed E-state index contributed by atoms with van der Waals surface area (Å²) in [4.78, 5) is 23.0. The van der Waals surface area contributed by atoms with Gasteiger partial charge in [-0.05, 0) is 12.8 Å². The van der Waals surface area contributed by atoms with E-state index in [1.165, 1.54) is 0 Å². The Morgan fingerprint density at radius 3 is 1.57 bits per heavy atom. The lowest BCUT2D eigenvalue weighted by Crippen LogP contribution is -2.43. The lowest BCUT2D eigenvalue weighted by atomic mass is 9.92. The molecule has 0 aliphatic heterocycles. The van der Waals surface area contributed by atoms with Gasteiger partial charge in [-0.2, -0.15) is 0 Å². The summed E-state index contributed by atoms with van der Waals surface area (Å²) >= 11 is 0. The summed E-state index contributed by atoms with van der Waals surface area (Å²) in [6.07, 6.45) is 2.30. The van der Waals surface area contributed by atoms with Crippen molar-refractivity contribution < 1.29 is 29.3 Å². The van der Waals surface area contributed by atoms with Crippen LogP contribution in [0.4, 0.5) is 9.59 Å². The second kappa shape index (κ2) is 13.0. The number of hydrogen-bond donors (Lipinski definition) is 4. The monoisotopic (exact) mass is 334 g/mol. The minimum Gasteiger partial charge on any atom is -0.449 e. The van der Waals surface area contributed by atoms with E-state index in [-0.39, 0.29) is 13.2 Å². The van der Waals surface area contributed by atoms with Gasteiger partial charge in [0.25, 0.3) is 0 Å². The van der Waals surface area contributed by atoms with Crippen molar-refractivity contribution >= 4 is 12.2 Å². The molecule has 0 rings (SSSR count). The molecule has 0 spiro atoms. The lowest BCUT2D eigenvalue weighted by molar-refractivity contribution is -0.0416. The normalized spacial score (nSPS) is 11.0. The Hall–Kier alpha value is -1.54. The second-order valence-corrected chi connectivity index (χ2v) is 5.53. The van der Waals surface area contributed by atoms with Crippen molar-refractivity contribution in [1.29, 1.82) is 0 Å². The van der Waals surface area contributed by atoms with Gasteiger partial charge >= 0.3 is 12.2 Å². The molecule has 0 aromatic carbocycles. The van der Waals surface area contributed by atoms with Crippen LogP contribution in [0.1, 0.15) is 39.5 Å². The third-order valence-electron chi connectivity index (χ3n) is 3.29. The minimum atomic E-state index is -1.22. The number of rotatable bonds is 12. The van der Waals surface area contributed by atoms with Gasteiger partial charge in [0.05, 0.1) is 18.6 Å². The highest BCUT2D eigenvalue weighted by molar-refractivity contribution is 5.67. The Morgan fingerprint density at radius 1 is 0.870 bits per heavy atom. The van der Waals surface area contributed by atoms with Gasteiger partial charge in [-0.25, -0.2) is 9.59 Å². The fourth-order valence-electron chi connectivity index (χ4n) is 1.55. The van der Waals surface area contributed by atoms with Gasteiger partial charge in [0, 0.05) is 13.1 Å². The van der Waals surface area contributed by atoms with Crippen LogP contribution in [0.2, 0.25) is 0 Å². The highest BCUT2D eigenvalue weighted by Crippen LogP contribution is 2.17. The Labute approximate surface area is 137 Å². The number of ether oxygens (including phenoxy) is 2. The van der Waals surface area contributed by atoms with Crippen molar-refractivity contribution in [1.82, 2.24) is 10.6 Å². The molecule has 8 heteroatoms. The summed E-state index contributed by atoms with van der Waals surface area (Å²) in [5.41, 5.74) is -1.22. The maximum atomic E-state index is 11.5. The van der Waals surface area contributed by atoms with E-state index in [1.807, 2.05) is 13.8 Å². The van der Waals surface area contributed by atoms with E-state index in [2.05, 4.69) is 10.6 Å². The zero-order chi connectivity index (χ0) is 17.6. The van der Waals surface area contributed by atoms with Gasteiger partial charge in [0.2, 0.25) is 0 Å². The largest absolute Gasteiger partial charge is 0.449 e. The topological polar surface area (TPSA) is 117 Å². The first-order valence-electron chi connectivity index (χ1n) is 8.06. The zero-order valence-corrected chi connectivity index (χ0v) is 14.1. The first kappa shape index (κ1) is 21.5. The molecule has 23 heavy (non-hydrogen) atoms. The van der Waals surface area contributed by atoms with Gasteiger partial charge in [-0.3, -0.25) is 0 Å². The van der Waals surface area contributed by atoms with Gasteiger partial charge < -0.3 is 30.3 Å². The smallest absolute Gasteiger partial charge is 0.407 e. The number of aliphatic hydroxyl groups excluding tert-OH is 2. The Balaban J connectivity index is 4.23. The molecule has 0 heterocycles. The molecule has 2 amide bonds. The maximum absolute atomic E-state index is 11.5. The van der Waals surface area contributed by atoms with E-state index in [1.54, 1.807) is 0 Å². The molecule has 136 valence electrons. The Bertz CT molecular complexity index is 306. The fourth-order valence-corrected chi connectivity index (χ4v) is 1.55. The number of alkyl carbamates (subject to hydrolysis) is 2. The van der Waals surface area contributed by atoms with E-state index >= 15 is 0 Å². The molecule has 0 radical (unpaired) electrons. The zero-order valence-electron chi connectivity index (χ0n) is 14.1. The van der Waals surface area contributed by atoms with Gasteiger partial charge in [0.1, 0.15) is 13.2 Å². The third-order valence-corrected chi connectivity index (χ3v) is 3.29. The van der Waals surface area contributed by atoms with E-state index in [0.717, 1.165) is 25.7 Å². The van der Waals surface area contributed by atoms with Crippen LogP contribution in [-0.4, -0.2) is 61.9 Å². The molecule has 0 aromatic heterocycles. The number of aliphatic hydroxyl groups is 2. The molecule has 0 atom stereocenters. The number of nitrogens with one attached hydrogen (secondary N) is 2.